The highest BCUT2D eigenvalue weighted by Gasteiger charge is 2.19. The fourth-order valence-electron chi connectivity index (χ4n) is 3.44. The van der Waals surface area contributed by atoms with Crippen molar-refractivity contribution < 1.29 is 0 Å². The molecule has 0 saturated heterocycles. The zero-order valence-electron chi connectivity index (χ0n) is 12.8. The molecule has 1 aliphatic heterocycles. The number of aryl methyl sites for hydroxylation is 1. The molecule has 3 heteroatoms. The molecule has 108 valence electrons. The molecule has 3 nitrogen and oxygen atoms in total. The van der Waals surface area contributed by atoms with Crippen molar-refractivity contribution in [2.75, 3.05) is 6.54 Å². The lowest BCUT2D eigenvalue weighted by atomic mass is 9.97. The van der Waals surface area contributed by atoms with Gasteiger partial charge >= 0.3 is 0 Å². The van der Waals surface area contributed by atoms with Crippen molar-refractivity contribution in [2.24, 2.45) is 11.7 Å². The number of nitrogens with zero attached hydrogens (tertiary/aromatic N) is 1. The zero-order chi connectivity index (χ0) is 14.3. The summed E-state index contributed by atoms with van der Waals surface area (Å²) in [6.45, 7) is 10.5. The van der Waals surface area contributed by atoms with E-state index in [2.05, 4.69) is 42.8 Å². The van der Waals surface area contributed by atoms with Crippen molar-refractivity contribution in [2.45, 2.75) is 46.8 Å². The first-order chi connectivity index (χ1) is 9.65. The first-order valence-electron chi connectivity index (χ1n) is 7.70. The topological polar surface area (TPSA) is 43.0 Å². The third kappa shape index (κ3) is 2.05. The van der Waals surface area contributed by atoms with E-state index in [1.54, 1.807) is 0 Å². The second kappa shape index (κ2) is 5.23. The number of benzene rings is 1. The molecule has 0 fully saturated rings. The molecule has 0 aliphatic carbocycles. The minimum atomic E-state index is 0.538. The zero-order valence-corrected chi connectivity index (χ0v) is 12.8. The number of hydrogen-bond acceptors (Lipinski definition) is 2. The van der Waals surface area contributed by atoms with E-state index >= 15 is 0 Å². The summed E-state index contributed by atoms with van der Waals surface area (Å²) in [5, 5.41) is 4.88. The van der Waals surface area contributed by atoms with Gasteiger partial charge < -0.3 is 15.6 Å². The van der Waals surface area contributed by atoms with Crippen LogP contribution >= 0.6 is 0 Å². The Morgan fingerprint density at radius 3 is 2.65 bits per heavy atom. The van der Waals surface area contributed by atoms with Crippen LogP contribution in [0.15, 0.2) is 12.1 Å². The van der Waals surface area contributed by atoms with Crippen LogP contribution in [0.1, 0.15) is 36.2 Å². The standard InChI is InChI=1S/C17H25N3/c1-4-20-12(3)15(5-11(2)8-18)16-6-13-9-19-10-14(13)7-17(16)20/h6-7,11,19H,4-5,8-10,18H2,1-3H3. The second-order valence-electron chi connectivity index (χ2n) is 6.09. The van der Waals surface area contributed by atoms with Gasteiger partial charge in [-0.2, -0.15) is 0 Å². The minimum absolute atomic E-state index is 0.538. The van der Waals surface area contributed by atoms with E-state index in [4.69, 9.17) is 5.73 Å². The highest BCUT2D eigenvalue weighted by molar-refractivity contribution is 5.87. The van der Waals surface area contributed by atoms with Crippen molar-refractivity contribution >= 4 is 10.9 Å². The molecule has 0 spiro atoms. The summed E-state index contributed by atoms with van der Waals surface area (Å²) >= 11 is 0. The lowest BCUT2D eigenvalue weighted by Crippen LogP contribution is -2.13. The lowest BCUT2D eigenvalue weighted by Gasteiger charge is -2.09. The monoisotopic (exact) mass is 271 g/mol. The summed E-state index contributed by atoms with van der Waals surface area (Å²) in [4.78, 5) is 0. The molecule has 1 atom stereocenters. The van der Waals surface area contributed by atoms with Gasteiger partial charge in [-0.15, -0.1) is 0 Å². The smallest absolute Gasteiger partial charge is 0.0488 e. The second-order valence-corrected chi connectivity index (χ2v) is 6.09. The van der Waals surface area contributed by atoms with E-state index in [1.165, 1.54) is 33.3 Å². The Kier molecular flexibility index (Phi) is 3.57. The van der Waals surface area contributed by atoms with Crippen LogP contribution in [0.5, 0.6) is 0 Å². The Bertz CT molecular complexity index is 639. The van der Waals surface area contributed by atoms with Crippen LogP contribution in [0, 0.1) is 12.8 Å². The molecule has 0 bridgehead atoms. The number of rotatable bonds is 4. The van der Waals surface area contributed by atoms with E-state index in [0.29, 0.717) is 5.92 Å². The first kappa shape index (κ1) is 13.7. The van der Waals surface area contributed by atoms with Crippen LogP contribution in [0.4, 0.5) is 0 Å². The summed E-state index contributed by atoms with van der Waals surface area (Å²) in [5.74, 6) is 0.538. The van der Waals surface area contributed by atoms with Gasteiger partial charge in [-0.25, -0.2) is 0 Å². The molecule has 20 heavy (non-hydrogen) atoms. The van der Waals surface area contributed by atoms with Gasteiger partial charge in [0, 0.05) is 36.2 Å². The van der Waals surface area contributed by atoms with Crippen LogP contribution in [0.25, 0.3) is 10.9 Å². The Labute approximate surface area is 121 Å². The molecule has 3 N–H and O–H groups in total. The third-order valence-electron chi connectivity index (χ3n) is 4.68. The third-order valence-corrected chi connectivity index (χ3v) is 4.68. The van der Waals surface area contributed by atoms with Gasteiger partial charge in [0.05, 0.1) is 0 Å². The molecular formula is C17H25N3. The normalized spacial score (nSPS) is 15.8. The molecule has 3 rings (SSSR count). The highest BCUT2D eigenvalue weighted by atomic mass is 15.0. The predicted octanol–water partition coefficient (Wildman–Crippen LogP) is 2.71. The van der Waals surface area contributed by atoms with Crippen molar-refractivity contribution in [1.82, 2.24) is 9.88 Å². The molecule has 2 aromatic rings. The quantitative estimate of drug-likeness (QED) is 0.898. The van der Waals surface area contributed by atoms with Gasteiger partial charge in [0.2, 0.25) is 0 Å². The SMILES string of the molecule is CCn1c(C)c(CC(C)CN)c2cc3c(cc21)CNC3. The van der Waals surface area contributed by atoms with E-state index in [1.807, 2.05) is 0 Å². The maximum absolute atomic E-state index is 5.83. The molecule has 1 aliphatic rings. The highest BCUT2D eigenvalue weighted by Crippen LogP contribution is 2.32. The van der Waals surface area contributed by atoms with Crippen molar-refractivity contribution in [3.63, 3.8) is 0 Å². The summed E-state index contributed by atoms with van der Waals surface area (Å²) in [6, 6.07) is 4.79. The van der Waals surface area contributed by atoms with Gasteiger partial charge in [-0.3, -0.25) is 0 Å². The van der Waals surface area contributed by atoms with Crippen LogP contribution < -0.4 is 11.1 Å². The van der Waals surface area contributed by atoms with Crippen molar-refractivity contribution in [3.05, 3.63) is 34.5 Å². The van der Waals surface area contributed by atoms with E-state index in [-0.39, 0.29) is 0 Å². The molecule has 1 aromatic heterocycles. The maximum Gasteiger partial charge on any atom is 0.0488 e. The number of hydrogen-bond donors (Lipinski definition) is 2. The maximum atomic E-state index is 5.83. The van der Waals surface area contributed by atoms with Gasteiger partial charge in [0.25, 0.3) is 0 Å². The van der Waals surface area contributed by atoms with E-state index in [0.717, 1.165) is 32.6 Å². The van der Waals surface area contributed by atoms with Gasteiger partial charge in [0.1, 0.15) is 0 Å². The minimum Gasteiger partial charge on any atom is -0.345 e. The van der Waals surface area contributed by atoms with E-state index in [9.17, 15) is 0 Å². The number of nitrogens with one attached hydrogen (secondary N) is 1. The summed E-state index contributed by atoms with van der Waals surface area (Å²) in [5.41, 5.74) is 13.1. The number of aromatic nitrogens is 1. The number of fused-ring (bicyclic) bond motifs is 2. The molecule has 0 radical (unpaired) electrons. The molecule has 0 saturated carbocycles. The van der Waals surface area contributed by atoms with Crippen LogP contribution in [-0.2, 0) is 26.1 Å². The fraction of sp³-hybridized carbons (Fsp3) is 0.529. The summed E-state index contributed by atoms with van der Waals surface area (Å²) in [6.07, 6.45) is 1.08. The molecule has 1 unspecified atom stereocenters. The lowest BCUT2D eigenvalue weighted by molar-refractivity contribution is 0.590. The predicted molar refractivity (Wildman–Crippen MR) is 84.8 cm³/mol. The summed E-state index contributed by atoms with van der Waals surface area (Å²) in [7, 11) is 0. The van der Waals surface area contributed by atoms with Crippen LogP contribution in [-0.4, -0.2) is 11.1 Å². The average molecular weight is 271 g/mol. The van der Waals surface area contributed by atoms with Crippen LogP contribution in [0.3, 0.4) is 0 Å². The molecule has 2 heterocycles. The van der Waals surface area contributed by atoms with E-state index < -0.39 is 0 Å². The van der Waals surface area contributed by atoms with Crippen molar-refractivity contribution in [3.8, 4) is 0 Å². The Morgan fingerprint density at radius 2 is 2.00 bits per heavy atom. The molecule has 1 aromatic carbocycles. The average Bonchev–Trinajstić information content (AvgIpc) is 3.00. The van der Waals surface area contributed by atoms with Gasteiger partial charge in [-0.05, 0) is 61.6 Å². The van der Waals surface area contributed by atoms with Crippen LogP contribution in [0.2, 0.25) is 0 Å². The van der Waals surface area contributed by atoms with Gasteiger partial charge in [-0.1, -0.05) is 6.92 Å². The largest absolute Gasteiger partial charge is 0.345 e. The summed E-state index contributed by atoms with van der Waals surface area (Å²) < 4.78 is 2.45. The Morgan fingerprint density at radius 1 is 1.30 bits per heavy atom. The number of nitrogens with two attached hydrogens (primary N) is 1. The molecule has 0 amide bonds. The molecular weight excluding hydrogens is 246 g/mol. The first-order valence-corrected chi connectivity index (χ1v) is 7.70. The fourth-order valence-corrected chi connectivity index (χ4v) is 3.44. The Hall–Kier alpha value is -1.32. The van der Waals surface area contributed by atoms with Crippen molar-refractivity contribution in [1.29, 1.82) is 0 Å². The van der Waals surface area contributed by atoms with Gasteiger partial charge in [0.15, 0.2) is 0 Å². The Balaban J connectivity index is 2.20.